The van der Waals surface area contributed by atoms with E-state index >= 15 is 0 Å². The zero-order chi connectivity index (χ0) is 23.8. The Labute approximate surface area is 192 Å². The lowest BCUT2D eigenvalue weighted by molar-refractivity contribution is -0.0498. The molecular weight excluding hydrogens is 444 g/mol. The monoisotopic (exact) mass is 463 g/mol. The minimum atomic E-state index is -2.94. The third-order valence-electron chi connectivity index (χ3n) is 5.37. The summed E-state index contributed by atoms with van der Waals surface area (Å²) in [6, 6.07) is 14.9. The number of aromatic nitrogens is 5. The van der Waals surface area contributed by atoms with Gasteiger partial charge in [0.25, 0.3) is 5.56 Å². The molecule has 0 unspecified atom stereocenters. The van der Waals surface area contributed by atoms with E-state index < -0.39 is 6.61 Å². The minimum absolute atomic E-state index is 0.00330. The summed E-state index contributed by atoms with van der Waals surface area (Å²) in [6.07, 6.45) is 1.71. The second-order valence-electron chi connectivity index (χ2n) is 7.49. The summed E-state index contributed by atoms with van der Waals surface area (Å²) in [5, 5.41) is 8.80. The van der Waals surface area contributed by atoms with Crippen molar-refractivity contribution < 1.29 is 18.3 Å². The molecular formula is C24H19F2N5O3. The van der Waals surface area contributed by atoms with Crippen LogP contribution in [0.3, 0.4) is 0 Å². The van der Waals surface area contributed by atoms with Crippen molar-refractivity contribution in [2.75, 3.05) is 6.61 Å². The third-order valence-corrected chi connectivity index (χ3v) is 5.37. The van der Waals surface area contributed by atoms with E-state index in [0.29, 0.717) is 45.7 Å². The minimum Gasteiger partial charge on any atom is -0.478 e. The number of nitrogens with zero attached hydrogens (tertiary/aromatic N) is 5. The Balaban J connectivity index is 1.75. The maximum absolute atomic E-state index is 13.8. The molecule has 0 aliphatic rings. The van der Waals surface area contributed by atoms with Crippen LogP contribution in [-0.4, -0.2) is 37.8 Å². The van der Waals surface area contributed by atoms with Gasteiger partial charge in [-0.05, 0) is 48.9 Å². The molecule has 0 amide bonds. The number of alkyl halides is 2. The highest BCUT2D eigenvalue weighted by atomic mass is 19.3. The predicted octanol–water partition coefficient (Wildman–Crippen LogP) is 4.33. The number of rotatable bonds is 6. The average molecular weight is 463 g/mol. The molecule has 5 rings (SSSR count). The Bertz CT molecular complexity index is 1560. The summed E-state index contributed by atoms with van der Waals surface area (Å²) in [7, 11) is 1.77. The molecule has 5 aromatic rings. The molecule has 0 radical (unpaired) electrons. The highest BCUT2D eigenvalue weighted by molar-refractivity contribution is 5.93. The van der Waals surface area contributed by atoms with E-state index in [0.717, 1.165) is 5.52 Å². The molecule has 0 aliphatic heterocycles. The smallest absolute Gasteiger partial charge is 0.387 e. The van der Waals surface area contributed by atoms with E-state index in [4.69, 9.17) is 4.74 Å². The standard InChI is InChI=1S/C24H19F2N5O3/c1-3-33-20-11-6-15-13-31(16-7-10-18-19(12-16)30(2)29-28-18)23(32)21(22(15)27-20)14-4-8-17(9-5-14)34-24(25)26/h4-13,24H,3H2,1-2H3. The molecule has 0 saturated carbocycles. The zero-order valence-corrected chi connectivity index (χ0v) is 18.3. The molecule has 0 fully saturated rings. The van der Waals surface area contributed by atoms with Crippen molar-refractivity contribution in [3.63, 3.8) is 0 Å². The van der Waals surface area contributed by atoms with Gasteiger partial charge in [0.15, 0.2) is 0 Å². The first-order valence-electron chi connectivity index (χ1n) is 10.5. The molecule has 0 aliphatic carbocycles. The van der Waals surface area contributed by atoms with Crippen LogP contribution in [0.15, 0.2) is 65.6 Å². The Hall–Kier alpha value is -4.34. The van der Waals surface area contributed by atoms with Crippen LogP contribution in [0.25, 0.3) is 38.8 Å². The number of aryl methyl sites for hydroxylation is 1. The molecule has 8 nitrogen and oxygen atoms in total. The molecule has 3 aromatic heterocycles. The van der Waals surface area contributed by atoms with Crippen molar-refractivity contribution in [1.82, 2.24) is 24.5 Å². The number of benzene rings is 2. The van der Waals surface area contributed by atoms with E-state index in [1.165, 1.54) is 16.7 Å². The molecule has 0 bridgehead atoms. The van der Waals surface area contributed by atoms with E-state index in [1.54, 1.807) is 48.3 Å². The summed E-state index contributed by atoms with van der Waals surface area (Å²) in [4.78, 5) is 18.3. The molecule has 0 N–H and O–H groups in total. The summed E-state index contributed by atoms with van der Waals surface area (Å²) in [6.45, 7) is -0.674. The lowest BCUT2D eigenvalue weighted by Crippen LogP contribution is -2.20. The largest absolute Gasteiger partial charge is 0.478 e. The highest BCUT2D eigenvalue weighted by Crippen LogP contribution is 2.29. The summed E-state index contributed by atoms with van der Waals surface area (Å²) in [5.41, 5.74) is 3.03. The highest BCUT2D eigenvalue weighted by Gasteiger charge is 2.17. The van der Waals surface area contributed by atoms with Crippen molar-refractivity contribution >= 4 is 21.9 Å². The number of halogens is 2. The van der Waals surface area contributed by atoms with Gasteiger partial charge in [0.05, 0.1) is 28.9 Å². The Morgan fingerprint density at radius 1 is 1.06 bits per heavy atom. The van der Waals surface area contributed by atoms with Crippen LogP contribution >= 0.6 is 0 Å². The van der Waals surface area contributed by atoms with Crippen molar-refractivity contribution in [2.24, 2.45) is 7.05 Å². The van der Waals surface area contributed by atoms with Gasteiger partial charge in [-0.25, -0.2) is 9.67 Å². The summed E-state index contributed by atoms with van der Waals surface area (Å²) in [5.74, 6) is 0.380. The van der Waals surface area contributed by atoms with E-state index in [1.807, 2.05) is 19.1 Å². The fourth-order valence-electron chi connectivity index (χ4n) is 3.83. The van der Waals surface area contributed by atoms with Gasteiger partial charge < -0.3 is 9.47 Å². The first-order valence-corrected chi connectivity index (χ1v) is 10.5. The quantitative estimate of drug-likeness (QED) is 0.373. The van der Waals surface area contributed by atoms with Gasteiger partial charge in [-0.1, -0.05) is 17.3 Å². The van der Waals surface area contributed by atoms with Crippen LogP contribution in [0.5, 0.6) is 11.6 Å². The SMILES string of the molecule is CCOc1ccc2cn(-c3ccc4nnn(C)c4c3)c(=O)c(-c3ccc(OC(F)F)cc3)c2n1. The molecule has 10 heteroatoms. The van der Waals surface area contributed by atoms with Crippen LogP contribution in [0, 0.1) is 0 Å². The van der Waals surface area contributed by atoms with Crippen LogP contribution in [-0.2, 0) is 7.05 Å². The van der Waals surface area contributed by atoms with Crippen LogP contribution in [0.1, 0.15) is 6.92 Å². The molecule has 2 aromatic carbocycles. The number of ether oxygens (including phenoxy) is 2. The number of pyridine rings is 2. The fraction of sp³-hybridized carbons (Fsp3) is 0.167. The molecule has 172 valence electrons. The van der Waals surface area contributed by atoms with Gasteiger partial charge in [-0.2, -0.15) is 8.78 Å². The first-order chi connectivity index (χ1) is 16.4. The molecule has 3 heterocycles. The van der Waals surface area contributed by atoms with Crippen molar-refractivity contribution in [1.29, 1.82) is 0 Å². The van der Waals surface area contributed by atoms with Crippen LogP contribution in [0.4, 0.5) is 8.78 Å². The average Bonchev–Trinajstić information content (AvgIpc) is 3.19. The molecule has 34 heavy (non-hydrogen) atoms. The lowest BCUT2D eigenvalue weighted by Gasteiger charge is -2.14. The molecule has 0 atom stereocenters. The number of hydrogen-bond acceptors (Lipinski definition) is 6. The summed E-state index contributed by atoms with van der Waals surface area (Å²) >= 11 is 0. The second kappa shape index (κ2) is 8.54. The van der Waals surface area contributed by atoms with Crippen LogP contribution < -0.4 is 15.0 Å². The van der Waals surface area contributed by atoms with Gasteiger partial charge in [0.2, 0.25) is 5.88 Å². The Morgan fingerprint density at radius 3 is 2.59 bits per heavy atom. The maximum atomic E-state index is 13.8. The van der Waals surface area contributed by atoms with Gasteiger partial charge >= 0.3 is 6.61 Å². The van der Waals surface area contributed by atoms with E-state index in [2.05, 4.69) is 20.0 Å². The van der Waals surface area contributed by atoms with Gasteiger partial charge in [0, 0.05) is 24.7 Å². The lowest BCUT2D eigenvalue weighted by atomic mass is 10.0. The molecule has 0 saturated heterocycles. The maximum Gasteiger partial charge on any atom is 0.387 e. The third kappa shape index (κ3) is 3.83. The Kier molecular flexibility index (Phi) is 5.40. The fourth-order valence-corrected chi connectivity index (χ4v) is 3.83. The Morgan fingerprint density at radius 2 is 1.85 bits per heavy atom. The molecule has 0 spiro atoms. The van der Waals surface area contributed by atoms with Gasteiger partial charge in [0.1, 0.15) is 11.3 Å². The van der Waals surface area contributed by atoms with Gasteiger partial charge in [-0.3, -0.25) is 9.36 Å². The van der Waals surface area contributed by atoms with Crippen LogP contribution in [0.2, 0.25) is 0 Å². The second-order valence-corrected chi connectivity index (χ2v) is 7.49. The van der Waals surface area contributed by atoms with E-state index in [-0.39, 0.29) is 11.3 Å². The van der Waals surface area contributed by atoms with Crippen molar-refractivity contribution in [3.8, 4) is 28.4 Å². The number of fused-ring (bicyclic) bond motifs is 2. The predicted molar refractivity (Wildman–Crippen MR) is 123 cm³/mol. The first kappa shape index (κ1) is 21.5. The van der Waals surface area contributed by atoms with Gasteiger partial charge in [-0.15, -0.1) is 5.10 Å². The zero-order valence-electron chi connectivity index (χ0n) is 18.3. The normalized spacial score (nSPS) is 11.4. The van der Waals surface area contributed by atoms with E-state index in [9.17, 15) is 13.6 Å². The topological polar surface area (TPSA) is 84.1 Å². The number of hydrogen-bond donors (Lipinski definition) is 0. The van der Waals surface area contributed by atoms with Crippen molar-refractivity contribution in [2.45, 2.75) is 13.5 Å². The van der Waals surface area contributed by atoms with Crippen molar-refractivity contribution in [3.05, 3.63) is 71.1 Å². The summed E-state index contributed by atoms with van der Waals surface area (Å²) < 4.78 is 38.3.